The first kappa shape index (κ1) is 12.8. The molecule has 0 spiro atoms. The van der Waals surface area contributed by atoms with Gasteiger partial charge in [0.2, 0.25) is 0 Å². The molecule has 7 nitrogen and oxygen atoms in total. The van der Waals surface area contributed by atoms with Crippen LogP contribution < -0.4 is 11.9 Å². The van der Waals surface area contributed by atoms with Crippen molar-refractivity contribution >= 4 is 17.3 Å². The maximum atomic E-state index is 11.1. The molecule has 0 atom stereocenters. The van der Waals surface area contributed by atoms with Crippen LogP contribution in [0.15, 0.2) is 18.2 Å². The Balaban J connectivity index is 0.00000196. The molecule has 1 rings (SSSR count). The molecule has 0 bridgehead atoms. The smallest absolute Gasteiger partial charge is 0.340 e. The number of nitro benzene ring substituents is 1. The highest BCUT2D eigenvalue weighted by atomic mass is 16.6. The van der Waals surface area contributed by atoms with Crippen molar-refractivity contribution in [2.45, 2.75) is 0 Å². The SMILES string of the molecule is COC(=O)c1cc([N+](=O)[O-])ccc1N.N. The average Bonchev–Trinajstić information content (AvgIpc) is 2.17. The van der Waals surface area contributed by atoms with E-state index in [-0.39, 0.29) is 23.1 Å². The van der Waals surface area contributed by atoms with Crippen molar-refractivity contribution < 1.29 is 14.5 Å². The molecule has 0 unspecified atom stereocenters. The molecule has 0 aliphatic heterocycles. The van der Waals surface area contributed by atoms with E-state index in [0.717, 1.165) is 6.07 Å². The maximum Gasteiger partial charge on any atom is 0.340 e. The molecule has 0 aliphatic carbocycles. The number of non-ortho nitro benzene ring substituents is 1. The van der Waals surface area contributed by atoms with Crippen molar-refractivity contribution in [3.05, 3.63) is 33.9 Å². The number of nitrogens with two attached hydrogens (primary N) is 1. The number of nitrogen functional groups attached to an aromatic ring is 1. The third-order valence-corrected chi connectivity index (χ3v) is 1.65. The van der Waals surface area contributed by atoms with Gasteiger partial charge in [0.1, 0.15) is 0 Å². The first-order valence-corrected chi connectivity index (χ1v) is 3.68. The Labute approximate surface area is 85.6 Å². The fourth-order valence-corrected chi connectivity index (χ4v) is 0.945. The molecule has 0 saturated carbocycles. The molecule has 0 heterocycles. The number of nitrogens with zero attached hydrogens (tertiary/aromatic N) is 1. The van der Waals surface area contributed by atoms with Crippen molar-refractivity contribution in [1.29, 1.82) is 0 Å². The minimum Gasteiger partial charge on any atom is -0.465 e. The zero-order valence-electron chi connectivity index (χ0n) is 8.10. The molecule has 15 heavy (non-hydrogen) atoms. The number of carbonyl (C=O) groups excluding carboxylic acids is 1. The lowest BCUT2D eigenvalue weighted by molar-refractivity contribution is -0.384. The summed E-state index contributed by atoms with van der Waals surface area (Å²) in [5.41, 5.74) is 5.40. The normalized spacial score (nSPS) is 8.87. The minimum absolute atomic E-state index is 0. The Morgan fingerprint density at radius 1 is 1.53 bits per heavy atom. The monoisotopic (exact) mass is 213 g/mol. The Morgan fingerprint density at radius 2 is 2.13 bits per heavy atom. The van der Waals surface area contributed by atoms with Crippen LogP contribution in [0, 0.1) is 10.1 Å². The first-order valence-electron chi connectivity index (χ1n) is 3.68. The number of ether oxygens (including phenoxy) is 1. The number of esters is 1. The van der Waals surface area contributed by atoms with Gasteiger partial charge in [0.25, 0.3) is 5.69 Å². The van der Waals surface area contributed by atoms with E-state index in [2.05, 4.69) is 4.74 Å². The number of hydrogen-bond acceptors (Lipinski definition) is 6. The molecule has 82 valence electrons. The van der Waals surface area contributed by atoms with E-state index in [1.54, 1.807) is 0 Å². The molecule has 5 N–H and O–H groups in total. The van der Waals surface area contributed by atoms with Gasteiger partial charge in [-0.05, 0) is 6.07 Å². The van der Waals surface area contributed by atoms with Gasteiger partial charge in [-0.15, -0.1) is 0 Å². The van der Waals surface area contributed by atoms with Gasteiger partial charge in [0.15, 0.2) is 0 Å². The second kappa shape index (κ2) is 4.91. The molecule has 1 aromatic carbocycles. The first-order chi connectivity index (χ1) is 6.56. The van der Waals surface area contributed by atoms with Crippen LogP contribution in [-0.2, 0) is 4.74 Å². The molecule has 0 aromatic heterocycles. The van der Waals surface area contributed by atoms with E-state index in [0.29, 0.717) is 0 Å². The fraction of sp³-hybridized carbons (Fsp3) is 0.125. The second-order valence-electron chi connectivity index (χ2n) is 2.52. The third kappa shape index (κ3) is 2.64. The van der Waals surface area contributed by atoms with Crippen molar-refractivity contribution in [1.82, 2.24) is 6.15 Å². The van der Waals surface area contributed by atoms with Gasteiger partial charge in [-0.1, -0.05) is 0 Å². The molecule has 7 heteroatoms. The number of carbonyl (C=O) groups is 1. The van der Waals surface area contributed by atoms with E-state index in [4.69, 9.17) is 5.73 Å². The summed E-state index contributed by atoms with van der Waals surface area (Å²) in [6.45, 7) is 0. The molecule has 0 amide bonds. The van der Waals surface area contributed by atoms with Gasteiger partial charge in [0, 0.05) is 17.8 Å². The largest absolute Gasteiger partial charge is 0.465 e. The topological polar surface area (TPSA) is 130 Å². The summed E-state index contributed by atoms with van der Waals surface area (Å²) in [5.74, 6) is -0.689. The summed E-state index contributed by atoms with van der Waals surface area (Å²) in [6.07, 6.45) is 0. The van der Waals surface area contributed by atoms with E-state index in [1.807, 2.05) is 0 Å². The molecule has 1 aromatic rings. The number of benzene rings is 1. The van der Waals surface area contributed by atoms with Gasteiger partial charge in [-0.2, -0.15) is 0 Å². The van der Waals surface area contributed by atoms with E-state index < -0.39 is 10.9 Å². The lowest BCUT2D eigenvalue weighted by Gasteiger charge is -2.02. The van der Waals surface area contributed by atoms with Gasteiger partial charge in [-0.25, -0.2) is 4.79 Å². The Bertz CT molecular complexity index is 391. The van der Waals surface area contributed by atoms with Crippen molar-refractivity contribution in [2.75, 3.05) is 12.8 Å². The van der Waals surface area contributed by atoms with Gasteiger partial charge < -0.3 is 16.6 Å². The number of rotatable bonds is 2. The summed E-state index contributed by atoms with van der Waals surface area (Å²) < 4.78 is 4.41. The van der Waals surface area contributed by atoms with Crippen molar-refractivity contribution in [2.24, 2.45) is 0 Å². The summed E-state index contributed by atoms with van der Waals surface area (Å²) in [4.78, 5) is 20.9. The van der Waals surface area contributed by atoms with Crippen LogP contribution in [0.3, 0.4) is 0 Å². The molecular formula is C8H11N3O4. The molecule has 0 radical (unpaired) electrons. The lowest BCUT2D eigenvalue weighted by atomic mass is 10.1. The Morgan fingerprint density at radius 3 is 2.60 bits per heavy atom. The molecule has 0 saturated heterocycles. The summed E-state index contributed by atoms with van der Waals surface area (Å²) in [7, 11) is 1.18. The summed E-state index contributed by atoms with van der Waals surface area (Å²) >= 11 is 0. The van der Waals surface area contributed by atoms with E-state index >= 15 is 0 Å². The zero-order valence-corrected chi connectivity index (χ0v) is 8.10. The number of methoxy groups -OCH3 is 1. The predicted molar refractivity (Wildman–Crippen MR) is 53.9 cm³/mol. The van der Waals surface area contributed by atoms with Crippen LogP contribution >= 0.6 is 0 Å². The third-order valence-electron chi connectivity index (χ3n) is 1.65. The van der Waals surface area contributed by atoms with Crippen molar-refractivity contribution in [3.8, 4) is 0 Å². The van der Waals surface area contributed by atoms with Crippen LogP contribution in [-0.4, -0.2) is 18.0 Å². The molecule has 0 aliphatic rings. The Kier molecular flexibility index (Phi) is 4.21. The number of anilines is 1. The Hall–Kier alpha value is -2.15. The van der Waals surface area contributed by atoms with Crippen LogP contribution in [0.5, 0.6) is 0 Å². The standard InChI is InChI=1S/C8H8N2O4.H3N/c1-14-8(11)6-4-5(10(12)13)2-3-7(6)9;/h2-4H,9H2,1H3;1H3. The summed E-state index contributed by atoms with van der Waals surface area (Å²) in [5, 5.41) is 10.4. The van der Waals surface area contributed by atoms with Gasteiger partial charge in [-0.3, -0.25) is 10.1 Å². The minimum atomic E-state index is -0.689. The van der Waals surface area contributed by atoms with Crippen LogP contribution in [0.25, 0.3) is 0 Å². The van der Waals surface area contributed by atoms with Crippen LogP contribution in [0.2, 0.25) is 0 Å². The average molecular weight is 213 g/mol. The van der Waals surface area contributed by atoms with Crippen molar-refractivity contribution in [3.63, 3.8) is 0 Å². The van der Waals surface area contributed by atoms with E-state index in [1.165, 1.54) is 19.2 Å². The number of hydrogen-bond donors (Lipinski definition) is 2. The van der Waals surface area contributed by atoms with Crippen LogP contribution in [0.4, 0.5) is 11.4 Å². The zero-order chi connectivity index (χ0) is 10.7. The fourth-order valence-electron chi connectivity index (χ4n) is 0.945. The van der Waals surface area contributed by atoms with Crippen LogP contribution in [0.1, 0.15) is 10.4 Å². The maximum absolute atomic E-state index is 11.1. The quantitative estimate of drug-likeness (QED) is 0.327. The van der Waals surface area contributed by atoms with E-state index in [9.17, 15) is 14.9 Å². The number of nitro groups is 1. The molecule has 0 fully saturated rings. The lowest BCUT2D eigenvalue weighted by Crippen LogP contribution is -2.06. The summed E-state index contributed by atoms with van der Waals surface area (Å²) in [6, 6.07) is 3.60. The molecular weight excluding hydrogens is 202 g/mol. The second-order valence-corrected chi connectivity index (χ2v) is 2.52. The van der Waals surface area contributed by atoms with Gasteiger partial charge in [0.05, 0.1) is 17.6 Å². The highest BCUT2D eigenvalue weighted by Gasteiger charge is 2.15. The highest BCUT2D eigenvalue weighted by Crippen LogP contribution is 2.19. The predicted octanol–water partition coefficient (Wildman–Crippen LogP) is 1.13. The highest BCUT2D eigenvalue weighted by molar-refractivity contribution is 5.95. The van der Waals surface area contributed by atoms with Gasteiger partial charge >= 0.3 is 5.97 Å².